The summed E-state index contributed by atoms with van der Waals surface area (Å²) in [6, 6.07) is 7.48. The SMILES string of the molecule is CN(C(=O)c1ccc2[nH]ccc2c1)C(C)(C)CO. The molecular formula is C14H18N2O2. The fourth-order valence-corrected chi connectivity index (χ4v) is 1.76. The molecule has 18 heavy (non-hydrogen) atoms. The Bertz CT molecular complexity index is 572. The second kappa shape index (κ2) is 4.46. The average molecular weight is 246 g/mol. The molecule has 96 valence electrons. The summed E-state index contributed by atoms with van der Waals surface area (Å²) in [4.78, 5) is 17.0. The number of likely N-dealkylation sites (N-methyl/N-ethyl adjacent to an activating group) is 1. The topological polar surface area (TPSA) is 56.3 Å². The summed E-state index contributed by atoms with van der Waals surface area (Å²) in [5.74, 6) is -0.0860. The highest BCUT2D eigenvalue weighted by Crippen LogP contribution is 2.19. The normalized spacial score (nSPS) is 11.8. The maximum Gasteiger partial charge on any atom is 0.254 e. The van der Waals surface area contributed by atoms with Crippen molar-refractivity contribution in [3.05, 3.63) is 36.0 Å². The number of aliphatic hydroxyl groups is 1. The Hall–Kier alpha value is -1.81. The maximum atomic E-state index is 12.3. The summed E-state index contributed by atoms with van der Waals surface area (Å²) >= 11 is 0. The third kappa shape index (κ3) is 2.11. The lowest BCUT2D eigenvalue weighted by Crippen LogP contribution is -2.47. The summed E-state index contributed by atoms with van der Waals surface area (Å²) in [5, 5.41) is 10.3. The highest BCUT2D eigenvalue weighted by Gasteiger charge is 2.27. The number of carbonyl (C=O) groups excluding carboxylic acids is 1. The minimum atomic E-state index is -0.565. The first-order valence-corrected chi connectivity index (χ1v) is 5.92. The van der Waals surface area contributed by atoms with Gasteiger partial charge in [-0.15, -0.1) is 0 Å². The predicted octanol–water partition coefficient (Wildman–Crippen LogP) is 2.01. The van der Waals surface area contributed by atoms with Crippen molar-refractivity contribution in [3.63, 3.8) is 0 Å². The molecule has 2 rings (SSSR count). The van der Waals surface area contributed by atoms with E-state index in [9.17, 15) is 9.90 Å². The number of hydrogen-bond donors (Lipinski definition) is 2. The molecule has 0 saturated carbocycles. The van der Waals surface area contributed by atoms with Gasteiger partial charge < -0.3 is 15.0 Å². The van der Waals surface area contributed by atoms with Crippen LogP contribution in [0.1, 0.15) is 24.2 Å². The van der Waals surface area contributed by atoms with Gasteiger partial charge in [0.1, 0.15) is 0 Å². The number of fused-ring (bicyclic) bond motifs is 1. The van der Waals surface area contributed by atoms with Crippen LogP contribution in [-0.2, 0) is 0 Å². The third-order valence-corrected chi connectivity index (χ3v) is 3.40. The van der Waals surface area contributed by atoms with E-state index in [1.165, 1.54) is 0 Å². The van der Waals surface area contributed by atoms with E-state index in [1.54, 1.807) is 18.0 Å². The highest BCUT2D eigenvalue weighted by molar-refractivity contribution is 5.98. The zero-order valence-corrected chi connectivity index (χ0v) is 10.9. The zero-order valence-electron chi connectivity index (χ0n) is 10.9. The van der Waals surface area contributed by atoms with Gasteiger partial charge in [-0.3, -0.25) is 4.79 Å². The van der Waals surface area contributed by atoms with Crippen molar-refractivity contribution in [2.75, 3.05) is 13.7 Å². The number of amides is 1. The highest BCUT2D eigenvalue weighted by atomic mass is 16.3. The number of aliphatic hydroxyl groups excluding tert-OH is 1. The van der Waals surface area contributed by atoms with Crippen molar-refractivity contribution in [2.45, 2.75) is 19.4 Å². The molecule has 1 heterocycles. The summed E-state index contributed by atoms with van der Waals surface area (Å²) < 4.78 is 0. The third-order valence-electron chi connectivity index (χ3n) is 3.40. The Kier molecular flexibility index (Phi) is 3.13. The van der Waals surface area contributed by atoms with E-state index in [0.717, 1.165) is 10.9 Å². The van der Waals surface area contributed by atoms with Gasteiger partial charge in [0.15, 0.2) is 0 Å². The molecule has 0 radical (unpaired) electrons. The molecule has 0 unspecified atom stereocenters. The Morgan fingerprint density at radius 3 is 2.78 bits per heavy atom. The van der Waals surface area contributed by atoms with Crippen LogP contribution in [0, 0.1) is 0 Å². The number of hydrogen-bond acceptors (Lipinski definition) is 2. The number of nitrogens with one attached hydrogen (secondary N) is 1. The van der Waals surface area contributed by atoms with Crippen LogP contribution in [0.3, 0.4) is 0 Å². The van der Waals surface area contributed by atoms with Gasteiger partial charge in [0, 0.05) is 29.7 Å². The van der Waals surface area contributed by atoms with Crippen LogP contribution in [0.2, 0.25) is 0 Å². The minimum absolute atomic E-state index is 0.0678. The predicted molar refractivity (Wildman–Crippen MR) is 71.6 cm³/mol. The van der Waals surface area contributed by atoms with Crippen LogP contribution in [0.25, 0.3) is 10.9 Å². The molecular weight excluding hydrogens is 228 g/mol. The molecule has 0 fully saturated rings. The van der Waals surface area contributed by atoms with Gasteiger partial charge in [-0.1, -0.05) is 0 Å². The van der Waals surface area contributed by atoms with Gasteiger partial charge in [-0.2, -0.15) is 0 Å². The molecule has 4 heteroatoms. The van der Waals surface area contributed by atoms with Crippen LogP contribution in [0.5, 0.6) is 0 Å². The van der Waals surface area contributed by atoms with E-state index in [1.807, 2.05) is 38.2 Å². The Morgan fingerprint density at radius 2 is 2.11 bits per heavy atom. The molecule has 1 aromatic heterocycles. The Labute approximate surface area is 106 Å². The summed E-state index contributed by atoms with van der Waals surface area (Å²) in [6.07, 6.45) is 1.85. The molecule has 4 nitrogen and oxygen atoms in total. The van der Waals surface area contributed by atoms with Gasteiger partial charge in [0.05, 0.1) is 12.1 Å². The zero-order chi connectivity index (χ0) is 13.3. The summed E-state index contributed by atoms with van der Waals surface area (Å²) in [6.45, 7) is 3.60. The largest absolute Gasteiger partial charge is 0.394 e. The van der Waals surface area contributed by atoms with E-state index < -0.39 is 5.54 Å². The van der Waals surface area contributed by atoms with Crippen molar-refractivity contribution in [3.8, 4) is 0 Å². The standard InChI is InChI=1S/C14H18N2O2/c1-14(2,9-17)16(3)13(18)11-4-5-12-10(8-11)6-7-15-12/h4-8,15,17H,9H2,1-3H3. The van der Waals surface area contributed by atoms with Gasteiger partial charge >= 0.3 is 0 Å². The first-order chi connectivity index (χ1) is 8.45. The van der Waals surface area contributed by atoms with Crippen molar-refractivity contribution in [1.82, 2.24) is 9.88 Å². The second-order valence-electron chi connectivity index (χ2n) is 5.11. The number of nitrogens with zero attached hydrogens (tertiary/aromatic N) is 1. The smallest absolute Gasteiger partial charge is 0.254 e. The van der Waals surface area contributed by atoms with Gasteiger partial charge in [0.2, 0.25) is 0 Å². The van der Waals surface area contributed by atoms with Crippen LogP contribution in [0.4, 0.5) is 0 Å². The number of rotatable bonds is 3. The lowest BCUT2D eigenvalue weighted by atomic mass is 10.0. The van der Waals surface area contributed by atoms with E-state index in [-0.39, 0.29) is 12.5 Å². The molecule has 1 amide bonds. The number of carbonyl (C=O) groups is 1. The van der Waals surface area contributed by atoms with Gasteiger partial charge in [0.25, 0.3) is 5.91 Å². The molecule has 0 saturated heterocycles. The van der Waals surface area contributed by atoms with Crippen LogP contribution in [0.15, 0.2) is 30.5 Å². The fraction of sp³-hybridized carbons (Fsp3) is 0.357. The average Bonchev–Trinajstić information content (AvgIpc) is 2.84. The fourth-order valence-electron chi connectivity index (χ4n) is 1.76. The number of aromatic nitrogens is 1. The quantitative estimate of drug-likeness (QED) is 0.870. The van der Waals surface area contributed by atoms with Crippen molar-refractivity contribution >= 4 is 16.8 Å². The number of H-pyrrole nitrogens is 1. The van der Waals surface area contributed by atoms with Crippen molar-refractivity contribution < 1.29 is 9.90 Å². The first kappa shape index (κ1) is 12.6. The molecule has 0 aliphatic rings. The Balaban J connectivity index is 2.33. The monoisotopic (exact) mass is 246 g/mol. The number of aromatic amines is 1. The van der Waals surface area contributed by atoms with Gasteiger partial charge in [-0.05, 0) is 38.1 Å². The maximum absolute atomic E-state index is 12.3. The summed E-state index contributed by atoms with van der Waals surface area (Å²) in [5.41, 5.74) is 1.08. The first-order valence-electron chi connectivity index (χ1n) is 5.92. The van der Waals surface area contributed by atoms with Gasteiger partial charge in [-0.25, -0.2) is 0 Å². The van der Waals surface area contributed by atoms with Crippen LogP contribution < -0.4 is 0 Å². The lowest BCUT2D eigenvalue weighted by Gasteiger charge is -2.34. The molecule has 0 spiro atoms. The lowest BCUT2D eigenvalue weighted by molar-refractivity contribution is 0.0473. The van der Waals surface area contributed by atoms with E-state index in [2.05, 4.69) is 4.98 Å². The molecule has 1 aromatic carbocycles. The van der Waals surface area contributed by atoms with E-state index >= 15 is 0 Å². The van der Waals surface area contributed by atoms with E-state index in [0.29, 0.717) is 5.56 Å². The van der Waals surface area contributed by atoms with Crippen molar-refractivity contribution in [1.29, 1.82) is 0 Å². The Morgan fingerprint density at radius 1 is 1.39 bits per heavy atom. The molecule has 0 atom stereocenters. The number of benzene rings is 1. The van der Waals surface area contributed by atoms with Crippen molar-refractivity contribution in [2.24, 2.45) is 0 Å². The van der Waals surface area contributed by atoms with E-state index in [4.69, 9.17) is 0 Å². The molecule has 0 aliphatic heterocycles. The molecule has 2 aromatic rings. The van der Waals surface area contributed by atoms with Crippen LogP contribution >= 0.6 is 0 Å². The van der Waals surface area contributed by atoms with Crippen LogP contribution in [-0.4, -0.2) is 40.1 Å². The summed E-state index contributed by atoms with van der Waals surface area (Å²) in [7, 11) is 1.71. The molecule has 0 aliphatic carbocycles. The molecule has 0 bridgehead atoms. The second-order valence-corrected chi connectivity index (χ2v) is 5.11. The minimum Gasteiger partial charge on any atom is -0.394 e. The molecule has 2 N–H and O–H groups in total.